The van der Waals surface area contributed by atoms with Crippen LogP contribution in [0.4, 0.5) is 5.82 Å². The fourth-order valence-corrected chi connectivity index (χ4v) is 3.64. The molecule has 0 unspecified atom stereocenters. The number of hydrogen-bond donors (Lipinski definition) is 1. The average Bonchev–Trinajstić information content (AvgIpc) is 3.18. The standard InChI is InChI=1S/C21H20ClN5O3/c1-14-4-3-7-23-19(14)24-12-27(13-28)11-18-25-20(26-30-18)15-9-21(29,10-15)16-5-2-6-17(22)8-16/h2-8,12-13,15,29H,9-11H2,1H3/b24-12-. The van der Waals surface area contributed by atoms with E-state index in [-0.39, 0.29) is 12.5 Å². The third-order valence-corrected chi connectivity index (χ3v) is 5.38. The highest BCUT2D eigenvalue weighted by molar-refractivity contribution is 6.30. The van der Waals surface area contributed by atoms with Gasteiger partial charge in [-0.15, -0.1) is 0 Å². The number of amides is 1. The number of aryl methyl sites for hydroxylation is 1. The summed E-state index contributed by atoms with van der Waals surface area (Å²) in [5, 5.41) is 15.4. The summed E-state index contributed by atoms with van der Waals surface area (Å²) < 4.78 is 5.28. The molecular formula is C21H20ClN5O3. The fourth-order valence-electron chi connectivity index (χ4n) is 3.45. The van der Waals surface area contributed by atoms with Crippen LogP contribution >= 0.6 is 11.6 Å². The van der Waals surface area contributed by atoms with Gasteiger partial charge in [0.15, 0.2) is 11.6 Å². The number of aromatic nitrogens is 3. The molecule has 4 rings (SSSR count). The first-order valence-electron chi connectivity index (χ1n) is 9.44. The summed E-state index contributed by atoms with van der Waals surface area (Å²) in [7, 11) is 0. The first kappa shape index (κ1) is 20.2. The van der Waals surface area contributed by atoms with E-state index >= 15 is 0 Å². The van der Waals surface area contributed by atoms with E-state index in [2.05, 4.69) is 20.1 Å². The molecule has 9 heteroatoms. The maximum Gasteiger partial charge on any atom is 0.246 e. The zero-order chi connectivity index (χ0) is 21.1. The third kappa shape index (κ3) is 4.24. The molecule has 1 N–H and O–H groups in total. The number of carbonyl (C=O) groups is 1. The van der Waals surface area contributed by atoms with E-state index < -0.39 is 5.60 Å². The van der Waals surface area contributed by atoms with Crippen LogP contribution in [-0.4, -0.2) is 37.9 Å². The summed E-state index contributed by atoms with van der Waals surface area (Å²) in [6.07, 6.45) is 4.60. The normalized spacial score (nSPS) is 20.8. The van der Waals surface area contributed by atoms with Crippen LogP contribution in [0.15, 0.2) is 52.1 Å². The molecule has 0 spiro atoms. The average molecular weight is 426 g/mol. The first-order chi connectivity index (χ1) is 14.5. The minimum Gasteiger partial charge on any atom is -0.385 e. The Hall–Kier alpha value is -3.10. The van der Waals surface area contributed by atoms with E-state index in [9.17, 15) is 9.90 Å². The number of hydrogen-bond acceptors (Lipinski definition) is 7. The predicted octanol–water partition coefficient (Wildman–Crippen LogP) is 3.51. The van der Waals surface area contributed by atoms with E-state index in [1.807, 2.05) is 31.2 Å². The summed E-state index contributed by atoms with van der Waals surface area (Å²) in [5.74, 6) is 1.31. The predicted molar refractivity (Wildman–Crippen MR) is 110 cm³/mol. The summed E-state index contributed by atoms with van der Waals surface area (Å²) in [6, 6.07) is 10.9. The number of rotatable bonds is 7. The van der Waals surface area contributed by atoms with Gasteiger partial charge in [-0.05, 0) is 49.1 Å². The summed E-state index contributed by atoms with van der Waals surface area (Å²) in [6.45, 7) is 1.98. The third-order valence-electron chi connectivity index (χ3n) is 5.14. The van der Waals surface area contributed by atoms with Crippen LogP contribution < -0.4 is 0 Å². The Morgan fingerprint density at radius 1 is 1.37 bits per heavy atom. The Morgan fingerprint density at radius 3 is 2.93 bits per heavy atom. The molecule has 0 saturated heterocycles. The Morgan fingerprint density at radius 2 is 2.20 bits per heavy atom. The molecule has 2 aromatic heterocycles. The number of halogens is 1. The van der Waals surface area contributed by atoms with E-state index in [0.29, 0.717) is 41.8 Å². The van der Waals surface area contributed by atoms with Gasteiger partial charge in [-0.1, -0.05) is 35.0 Å². The topological polar surface area (TPSA) is 105 Å². The van der Waals surface area contributed by atoms with Crippen molar-refractivity contribution in [3.63, 3.8) is 0 Å². The lowest BCUT2D eigenvalue weighted by atomic mass is 9.67. The number of aliphatic imine (C=N–C) groups is 1. The van der Waals surface area contributed by atoms with Crippen LogP contribution in [0.5, 0.6) is 0 Å². The summed E-state index contributed by atoms with van der Waals surface area (Å²) in [4.78, 5) is 25.4. The molecular weight excluding hydrogens is 406 g/mol. The summed E-state index contributed by atoms with van der Waals surface area (Å²) >= 11 is 6.03. The smallest absolute Gasteiger partial charge is 0.246 e. The van der Waals surface area contributed by atoms with Crippen LogP contribution in [0, 0.1) is 6.92 Å². The van der Waals surface area contributed by atoms with E-state index in [0.717, 1.165) is 11.1 Å². The second-order valence-electron chi connectivity index (χ2n) is 7.36. The number of benzene rings is 1. The van der Waals surface area contributed by atoms with Crippen molar-refractivity contribution in [2.75, 3.05) is 0 Å². The highest BCUT2D eigenvalue weighted by atomic mass is 35.5. The van der Waals surface area contributed by atoms with Crippen molar-refractivity contribution in [3.8, 4) is 0 Å². The van der Waals surface area contributed by atoms with Crippen molar-refractivity contribution in [2.24, 2.45) is 4.99 Å². The number of pyridine rings is 1. The first-order valence-corrected chi connectivity index (χ1v) is 9.82. The van der Waals surface area contributed by atoms with Gasteiger partial charge in [0.2, 0.25) is 12.3 Å². The second-order valence-corrected chi connectivity index (χ2v) is 7.80. The van der Waals surface area contributed by atoms with E-state index in [1.54, 1.807) is 18.3 Å². The maximum absolute atomic E-state index is 11.4. The van der Waals surface area contributed by atoms with E-state index in [1.165, 1.54) is 11.2 Å². The molecule has 154 valence electrons. The lowest BCUT2D eigenvalue weighted by Gasteiger charge is -2.42. The van der Waals surface area contributed by atoms with Crippen LogP contribution in [0.2, 0.25) is 5.02 Å². The molecule has 30 heavy (non-hydrogen) atoms. The number of nitrogens with zero attached hydrogens (tertiary/aromatic N) is 5. The molecule has 8 nitrogen and oxygen atoms in total. The Bertz CT molecular complexity index is 1080. The van der Waals surface area contributed by atoms with Crippen molar-refractivity contribution in [3.05, 3.63) is 70.5 Å². The highest BCUT2D eigenvalue weighted by Crippen LogP contribution is 2.50. The second kappa shape index (κ2) is 8.33. The minimum absolute atomic E-state index is 0.0269. The summed E-state index contributed by atoms with van der Waals surface area (Å²) in [5.41, 5.74) is 0.734. The van der Waals surface area contributed by atoms with Gasteiger partial charge in [-0.2, -0.15) is 4.98 Å². The van der Waals surface area contributed by atoms with E-state index in [4.69, 9.17) is 16.1 Å². The SMILES string of the molecule is Cc1cccnc1/N=C\N(C=O)Cc1nc(C2CC(O)(c3cccc(Cl)c3)C2)no1. The van der Waals surface area contributed by atoms with Gasteiger partial charge >= 0.3 is 0 Å². The molecule has 3 aromatic rings. The molecule has 2 heterocycles. The van der Waals surface area contributed by atoms with Crippen molar-refractivity contribution < 1.29 is 14.4 Å². The largest absolute Gasteiger partial charge is 0.385 e. The number of carbonyl (C=O) groups excluding carboxylic acids is 1. The highest BCUT2D eigenvalue weighted by Gasteiger charge is 2.46. The van der Waals surface area contributed by atoms with Gasteiger partial charge in [0.1, 0.15) is 6.54 Å². The van der Waals surface area contributed by atoms with Crippen LogP contribution in [0.1, 0.15) is 41.6 Å². The van der Waals surface area contributed by atoms with Gasteiger partial charge in [-0.25, -0.2) is 9.98 Å². The van der Waals surface area contributed by atoms with Crippen LogP contribution in [0.25, 0.3) is 0 Å². The van der Waals surface area contributed by atoms with Crippen molar-refractivity contribution in [1.29, 1.82) is 0 Å². The molecule has 1 aromatic carbocycles. The molecule has 0 aliphatic heterocycles. The van der Waals surface area contributed by atoms with Crippen molar-refractivity contribution in [2.45, 2.75) is 37.8 Å². The fraction of sp³-hybridized carbons (Fsp3) is 0.286. The molecule has 1 fully saturated rings. The molecule has 0 atom stereocenters. The lowest BCUT2D eigenvalue weighted by Crippen LogP contribution is -2.40. The van der Waals surface area contributed by atoms with Gasteiger partial charge < -0.3 is 9.63 Å². The Balaban J connectivity index is 1.38. The van der Waals surface area contributed by atoms with Gasteiger partial charge in [0.05, 0.1) is 11.9 Å². The Kier molecular flexibility index (Phi) is 5.61. The zero-order valence-electron chi connectivity index (χ0n) is 16.3. The monoisotopic (exact) mass is 425 g/mol. The molecule has 1 saturated carbocycles. The molecule has 0 bridgehead atoms. The minimum atomic E-state index is -0.946. The number of aliphatic hydroxyl groups is 1. The lowest BCUT2D eigenvalue weighted by molar-refractivity contribution is -0.115. The molecule has 1 amide bonds. The maximum atomic E-state index is 11.4. The van der Waals surface area contributed by atoms with Gasteiger partial charge in [0.25, 0.3) is 0 Å². The molecule has 1 aliphatic rings. The van der Waals surface area contributed by atoms with Gasteiger partial charge in [-0.3, -0.25) is 9.69 Å². The van der Waals surface area contributed by atoms with Crippen molar-refractivity contribution >= 4 is 30.2 Å². The van der Waals surface area contributed by atoms with Crippen molar-refractivity contribution in [1.82, 2.24) is 20.0 Å². The van der Waals surface area contributed by atoms with Crippen LogP contribution in [-0.2, 0) is 16.9 Å². The van der Waals surface area contributed by atoms with Crippen LogP contribution in [0.3, 0.4) is 0 Å². The van der Waals surface area contributed by atoms with Gasteiger partial charge in [0, 0.05) is 17.1 Å². The molecule has 0 radical (unpaired) electrons. The zero-order valence-corrected chi connectivity index (χ0v) is 17.0. The quantitative estimate of drug-likeness (QED) is 0.353. The molecule has 1 aliphatic carbocycles. The Labute approximate surface area is 178 Å².